The van der Waals surface area contributed by atoms with Gasteiger partial charge in [0.25, 0.3) is 5.91 Å². The zero-order chi connectivity index (χ0) is 18.4. The lowest BCUT2D eigenvalue weighted by atomic mass is 9.99. The van der Waals surface area contributed by atoms with Gasteiger partial charge in [0.2, 0.25) is 0 Å². The second-order valence-electron chi connectivity index (χ2n) is 5.78. The monoisotopic (exact) mass is 346 g/mol. The third-order valence-corrected chi connectivity index (χ3v) is 4.13. The average Bonchev–Trinajstić information content (AvgIpc) is 3.07. The molecular weight excluding hydrogens is 324 g/mol. The quantitative estimate of drug-likeness (QED) is 0.748. The Bertz CT molecular complexity index is 768. The van der Waals surface area contributed by atoms with Crippen molar-refractivity contribution in [3.05, 3.63) is 36.0 Å². The number of esters is 2. The fourth-order valence-corrected chi connectivity index (χ4v) is 2.46. The molecule has 0 unspecified atom stereocenters. The van der Waals surface area contributed by atoms with Crippen LogP contribution in [0.1, 0.15) is 30.6 Å². The molecule has 1 amide bonds. The molecule has 2 atom stereocenters. The van der Waals surface area contributed by atoms with Gasteiger partial charge in [0.1, 0.15) is 6.04 Å². The fourth-order valence-electron chi connectivity index (χ4n) is 2.46. The number of nitrogens with one attached hydrogen (secondary N) is 2. The first-order valence-corrected chi connectivity index (χ1v) is 8.08. The van der Waals surface area contributed by atoms with E-state index in [9.17, 15) is 14.4 Å². The molecule has 2 aromatic rings. The molecule has 1 aromatic carbocycles. The van der Waals surface area contributed by atoms with Crippen molar-refractivity contribution in [1.29, 1.82) is 0 Å². The van der Waals surface area contributed by atoms with E-state index in [1.807, 2.05) is 32.0 Å². The number of methoxy groups -OCH3 is 1. The minimum absolute atomic E-state index is 0.0966. The molecule has 0 saturated carbocycles. The van der Waals surface area contributed by atoms with Gasteiger partial charge in [-0.15, -0.1) is 0 Å². The molecule has 0 aliphatic heterocycles. The van der Waals surface area contributed by atoms with Gasteiger partial charge in [0.15, 0.2) is 6.61 Å². The van der Waals surface area contributed by atoms with E-state index in [4.69, 9.17) is 9.47 Å². The summed E-state index contributed by atoms with van der Waals surface area (Å²) in [5.41, 5.74) is 1.16. The lowest BCUT2D eigenvalue weighted by Gasteiger charge is -2.21. The Morgan fingerprint density at radius 1 is 1.24 bits per heavy atom. The van der Waals surface area contributed by atoms with Gasteiger partial charge in [-0.2, -0.15) is 0 Å². The second kappa shape index (κ2) is 8.32. The molecule has 0 aliphatic rings. The lowest BCUT2D eigenvalue weighted by Crippen LogP contribution is -2.47. The van der Waals surface area contributed by atoms with Crippen LogP contribution < -0.4 is 5.32 Å². The molecule has 0 spiro atoms. The van der Waals surface area contributed by atoms with Gasteiger partial charge in [-0.1, -0.05) is 38.5 Å². The van der Waals surface area contributed by atoms with Crippen LogP contribution in [0.15, 0.2) is 30.5 Å². The van der Waals surface area contributed by atoms with Crippen molar-refractivity contribution < 1.29 is 23.9 Å². The number of para-hydroxylation sites is 1. The standard InChI is InChI=1S/C18H22N2O5/c1-4-11(2)16(18(23)24-3)20-15(21)10-25-17(22)13-9-19-14-8-6-5-7-12(13)14/h5-9,11,16,19H,4,10H2,1-3H3,(H,20,21)/t11-,16+/m1/s1. The molecule has 0 saturated heterocycles. The SMILES string of the molecule is CC[C@@H](C)[C@H](NC(=O)COC(=O)c1c[nH]c2ccccc12)C(=O)OC. The third-order valence-electron chi connectivity index (χ3n) is 4.13. The second-order valence-corrected chi connectivity index (χ2v) is 5.78. The predicted octanol–water partition coefficient (Wildman–Crippen LogP) is 2.03. The summed E-state index contributed by atoms with van der Waals surface area (Å²) in [5.74, 6) is -1.78. The number of ether oxygens (including phenoxy) is 2. The molecule has 1 aromatic heterocycles. The lowest BCUT2D eigenvalue weighted by molar-refractivity contribution is -0.147. The van der Waals surface area contributed by atoms with Crippen LogP contribution in [-0.2, 0) is 19.1 Å². The number of hydrogen-bond acceptors (Lipinski definition) is 5. The highest BCUT2D eigenvalue weighted by molar-refractivity contribution is 6.04. The smallest absolute Gasteiger partial charge is 0.340 e. The van der Waals surface area contributed by atoms with Crippen molar-refractivity contribution in [2.75, 3.05) is 13.7 Å². The number of aromatic amines is 1. The number of benzene rings is 1. The van der Waals surface area contributed by atoms with Crippen LogP contribution in [0, 0.1) is 5.92 Å². The van der Waals surface area contributed by atoms with E-state index in [0.717, 1.165) is 10.9 Å². The number of rotatable bonds is 7. The Hall–Kier alpha value is -2.83. The topological polar surface area (TPSA) is 97.5 Å². The van der Waals surface area contributed by atoms with Gasteiger partial charge < -0.3 is 19.8 Å². The van der Waals surface area contributed by atoms with Crippen molar-refractivity contribution in [3.63, 3.8) is 0 Å². The maximum Gasteiger partial charge on any atom is 0.340 e. The minimum atomic E-state index is -0.769. The number of hydrogen-bond donors (Lipinski definition) is 2. The number of H-pyrrole nitrogens is 1. The van der Waals surface area contributed by atoms with Crippen molar-refractivity contribution in [3.8, 4) is 0 Å². The summed E-state index contributed by atoms with van der Waals surface area (Å²) in [4.78, 5) is 38.9. The number of carbonyl (C=O) groups excluding carboxylic acids is 3. The van der Waals surface area contributed by atoms with Crippen LogP contribution in [0.5, 0.6) is 0 Å². The van der Waals surface area contributed by atoms with Crippen molar-refractivity contribution in [2.45, 2.75) is 26.3 Å². The summed E-state index contributed by atoms with van der Waals surface area (Å²) in [6.07, 6.45) is 2.23. The molecule has 0 aliphatic carbocycles. The molecule has 134 valence electrons. The first kappa shape index (κ1) is 18.5. The normalized spacial score (nSPS) is 13.1. The van der Waals surface area contributed by atoms with E-state index in [2.05, 4.69) is 10.3 Å². The summed E-state index contributed by atoms with van der Waals surface area (Å²) >= 11 is 0. The van der Waals surface area contributed by atoms with Crippen LogP contribution in [-0.4, -0.2) is 42.6 Å². The van der Waals surface area contributed by atoms with Gasteiger partial charge in [0.05, 0.1) is 12.7 Å². The molecule has 2 N–H and O–H groups in total. The molecule has 1 heterocycles. The largest absolute Gasteiger partial charge is 0.467 e. The van der Waals surface area contributed by atoms with E-state index in [-0.39, 0.29) is 5.92 Å². The van der Waals surface area contributed by atoms with Gasteiger partial charge in [-0.25, -0.2) is 9.59 Å². The first-order valence-electron chi connectivity index (χ1n) is 8.08. The molecule has 25 heavy (non-hydrogen) atoms. The Morgan fingerprint density at radius 3 is 2.64 bits per heavy atom. The maximum atomic E-state index is 12.2. The highest BCUT2D eigenvalue weighted by Crippen LogP contribution is 2.18. The van der Waals surface area contributed by atoms with Gasteiger partial charge >= 0.3 is 11.9 Å². The summed E-state index contributed by atoms with van der Waals surface area (Å²) in [5, 5.41) is 3.28. The molecule has 7 heteroatoms. The zero-order valence-corrected chi connectivity index (χ0v) is 14.5. The van der Waals surface area contributed by atoms with E-state index in [0.29, 0.717) is 12.0 Å². The zero-order valence-electron chi connectivity index (χ0n) is 14.5. The van der Waals surface area contributed by atoms with Crippen LogP contribution >= 0.6 is 0 Å². The number of aromatic nitrogens is 1. The van der Waals surface area contributed by atoms with Crippen LogP contribution in [0.25, 0.3) is 10.9 Å². The summed E-state index contributed by atoms with van der Waals surface area (Å²) < 4.78 is 9.76. The maximum absolute atomic E-state index is 12.2. The Morgan fingerprint density at radius 2 is 1.96 bits per heavy atom. The molecule has 7 nitrogen and oxygen atoms in total. The van der Waals surface area contributed by atoms with Crippen LogP contribution in [0.2, 0.25) is 0 Å². The molecule has 0 radical (unpaired) electrons. The Labute approximate surface area is 145 Å². The van der Waals surface area contributed by atoms with Gasteiger partial charge in [-0.3, -0.25) is 4.79 Å². The minimum Gasteiger partial charge on any atom is -0.467 e. The number of amides is 1. The van der Waals surface area contributed by atoms with E-state index >= 15 is 0 Å². The summed E-state index contributed by atoms with van der Waals surface area (Å²) in [6.45, 7) is 3.27. The third kappa shape index (κ3) is 4.37. The number of carbonyl (C=O) groups is 3. The van der Waals surface area contributed by atoms with Gasteiger partial charge in [0, 0.05) is 17.1 Å². The Balaban J connectivity index is 1.96. The Kier molecular flexibility index (Phi) is 6.16. The summed E-state index contributed by atoms with van der Waals surface area (Å²) in [7, 11) is 1.26. The van der Waals surface area contributed by atoms with Crippen molar-refractivity contribution >= 4 is 28.7 Å². The van der Waals surface area contributed by atoms with Crippen molar-refractivity contribution in [1.82, 2.24) is 10.3 Å². The molecule has 0 fully saturated rings. The van der Waals surface area contributed by atoms with Crippen molar-refractivity contribution in [2.24, 2.45) is 5.92 Å². The highest BCUT2D eigenvalue weighted by Gasteiger charge is 2.27. The molecular formula is C18H22N2O5. The van der Waals surface area contributed by atoms with Crippen LogP contribution in [0.3, 0.4) is 0 Å². The van der Waals surface area contributed by atoms with Gasteiger partial charge in [-0.05, 0) is 12.0 Å². The number of fused-ring (bicyclic) bond motifs is 1. The molecule has 0 bridgehead atoms. The fraction of sp³-hybridized carbons (Fsp3) is 0.389. The van der Waals surface area contributed by atoms with E-state index in [1.54, 1.807) is 12.3 Å². The van der Waals surface area contributed by atoms with E-state index in [1.165, 1.54) is 7.11 Å². The van der Waals surface area contributed by atoms with Crippen LogP contribution in [0.4, 0.5) is 0 Å². The average molecular weight is 346 g/mol. The first-order chi connectivity index (χ1) is 12.0. The predicted molar refractivity (Wildman–Crippen MR) is 92.0 cm³/mol. The highest BCUT2D eigenvalue weighted by atomic mass is 16.5. The van der Waals surface area contributed by atoms with E-state index < -0.39 is 30.5 Å². The molecule has 2 rings (SSSR count). The summed E-state index contributed by atoms with van der Waals surface area (Å²) in [6, 6.07) is 6.52.